The number of hydrazine groups is 1. The molecular formula is C23H18N2O7. The van der Waals surface area contributed by atoms with Gasteiger partial charge < -0.3 is 14.2 Å². The maximum Gasteiger partial charge on any atom is 0.342 e. The quantitative estimate of drug-likeness (QED) is 0.221. The zero-order valence-corrected chi connectivity index (χ0v) is 17.2. The topological polar surface area (TPSA) is 102 Å². The van der Waals surface area contributed by atoms with Gasteiger partial charge in [-0.1, -0.05) is 36.3 Å². The fraction of sp³-hybridized carbons (Fsp3) is 0.217. The predicted octanol–water partition coefficient (Wildman–Crippen LogP) is 1.35. The highest BCUT2D eigenvalue weighted by Crippen LogP contribution is 2.58. The van der Waals surface area contributed by atoms with Crippen molar-refractivity contribution in [3.05, 3.63) is 65.2 Å². The van der Waals surface area contributed by atoms with Gasteiger partial charge in [0.15, 0.2) is 0 Å². The molecule has 4 rings (SSSR count). The van der Waals surface area contributed by atoms with Gasteiger partial charge in [0.1, 0.15) is 18.4 Å². The fourth-order valence-corrected chi connectivity index (χ4v) is 4.04. The van der Waals surface area contributed by atoms with E-state index in [1.165, 1.54) is 12.1 Å². The van der Waals surface area contributed by atoms with Crippen molar-refractivity contribution in [2.75, 3.05) is 20.8 Å². The van der Waals surface area contributed by atoms with Gasteiger partial charge in [-0.2, -0.15) is 10.0 Å². The number of esters is 2. The van der Waals surface area contributed by atoms with Crippen LogP contribution in [0.2, 0.25) is 0 Å². The fourth-order valence-electron chi connectivity index (χ4n) is 4.04. The minimum Gasteiger partial charge on any atom is -0.481 e. The lowest BCUT2D eigenvalue weighted by Crippen LogP contribution is -2.47. The van der Waals surface area contributed by atoms with Crippen LogP contribution in [0.25, 0.3) is 0 Å². The average molecular weight is 434 g/mol. The summed E-state index contributed by atoms with van der Waals surface area (Å²) in [5.74, 6) is -0.694. The third-order valence-electron chi connectivity index (χ3n) is 5.44. The lowest BCUT2D eigenvalue weighted by molar-refractivity contribution is -0.159. The summed E-state index contributed by atoms with van der Waals surface area (Å²) in [4.78, 5) is 52.2. The van der Waals surface area contributed by atoms with Crippen LogP contribution in [0, 0.1) is 12.3 Å². The Morgan fingerprint density at radius 3 is 2.03 bits per heavy atom. The SMILES string of the molecule is C#CCOc1ccccc1[C@@H]1N(N2C(=O)c3ccccc3C2=O)C1(C(=O)OC)C(=O)OC. The van der Waals surface area contributed by atoms with E-state index in [4.69, 9.17) is 20.6 Å². The van der Waals surface area contributed by atoms with Gasteiger partial charge in [-0.3, -0.25) is 9.59 Å². The number of benzene rings is 2. The van der Waals surface area contributed by atoms with Crippen molar-refractivity contribution in [2.24, 2.45) is 0 Å². The van der Waals surface area contributed by atoms with E-state index in [1.807, 2.05) is 0 Å². The summed E-state index contributed by atoms with van der Waals surface area (Å²) in [5, 5.41) is 1.86. The Morgan fingerprint density at radius 2 is 1.50 bits per heavy atom. The van der Waals surface area contributed by atoms with E-state index >= 15 is 0 Å². The Morgan fingerprint density at radius 1 is 0.969 bits per heavy atom. The number of amides is 2. The average Bonchev–Trinajstić information content (AvgIpc) is 3.44. The van der Waals surface area contributed by atoms with Crippen LogP contribution in [0.15, 0.2) is 48.5 Å². The molecule has 2 heterocycles. The molecule has 0 spiro atoms. The minimum absolute atomic E-state index is 0.0692. The number of imide groups is 1. The van der Waals surface area contributed by atoms with Crippen molar-refractivity contribution in [3.8, 4) is 18.1 Å². The molecule has 2 aromatic rings. The number of hydrogen-bond donors (Lipinski definition) is 0. The highest BCUT2D eigenvalue weighted by Gasteiger charge is 2.80. The number of rotatable bonds is 6. The number of nitrogens with zero attached hydrogens (tertiary/aromatic N) is 2. The summed E-state index contributed by atoms with van der Waals surface area (Å²) >= 11 is 0. The van der Waals surface area contributed by atoms with Crippen LogP contribution >= 0.6 is 0 Å². The Kier molecular flexibility index (Phi) is 5.16. The second-order valence-electron chi connectivity index (χ2n) is 6.99. The summed E-state index contributed by atoms with van der Waals surface area (Å²) in [7, 11) is 2.20. The van der Waals surface area contributed by atoms with Crippen LogP contribution < -0.4 is 4.74 Å². The summed E-state index contributed by atoms with van der Waals surface area (Å²) in [5.41, 5.74) is -1.44. The first-order chi connectivity index (χ1) is 15.4. The van der Waals surface area contributed by atoms with Gasteiger partial charge in [0, 0.05) is 5.56 Å². The molecule has 2 aliphatic rings. The first-order valence-electron chi connectivity index (χ1n) is 9.54. The zero-order chi connectivity index (χ0) is 23.0. The van der Waals surface area contributed by atoms with E-state index < -0.39 is 35.3 Å². The standard InChI is InChI=1S/C23H18N2O7/c1-4-13-32-17-12-8-7-11-16(17)18-23(21(28)30-2,22(29)31-3)25(18)24-19(26)14-9-5-6-10-15(14)20(24)27/h1,5-12,18H,13H2,2-3H3/t18-,25?/m0/s1. The van der Waals surface area contributed by atoms with Crippen molar-refractivity contribution in [3.63, 3.8) is 0 Å². The smallest absolute Gasteiger partial charge is 0.342 e. The van der Waals surface area contributed by atoms with Crippen molar-refractivity contribution < 1.29 is 33.4 Å². The van der Waals surface area contributed by atoms with Crippen molar-refractivity contribution in [2.45, 2.75) is 11.6 Å². The maximum absolute atomic E-state index is 13.1. The van der Waals surface area contributed by atoms with E-state index in [-0.39, 0.29) is 23.5 Å². The minimum atomic E-state index is -2.10. The molecule has 2 aromatic carbocycles. The third-order valence-corrected chi connectivity index (χ3v) is 5.44. The predicted molar refractivity (Wildman–Crippen MR) is 109 cm³/mol. The molecule has 1 unspecified atom stereocenters. The molecule has 0 aliphatic carbocycles. The molecule has 32 heavy (non-hydrogen) atoms. The molecule has 0 bridgehead atoms. The summed E-state index contributed by atoms with van der Waals surface area (Å²) < 4.78 is 15.4. The lowest BCUT2D eigenvalue weighted by atomic mass is 9.98. The normalized spacial score (nSPS) is 20.2. The van der Waals surface area contributed by atoms with Gasteiger partial charge in [0.2, 0.25) is 0 Å². The van der Waals surface area contributed by atoms with Gasteiger partial charge in [-0.05, 0) is 18.2 Å². The molecule has 162 valence electrons. The summed E-state index contributed by atoms with van der Waals surface area (Å²) in [6, 6.07) is 11.7. The highest BCUT2D eigenvalue weighted by atomic mass is 16.6. The molecule has 9 heteroatoms. The van der Waals surface area contributed by atoms with E-state index in [1.54, 1.807) is 36.4 Å². The second kappa shape index (κ2) is 7.83. The largest absolute Gasteiger partial charge is 0.481 e. The third kappa shape index (κ3) is 2.77. The Hall–Kier alpha value is -4.16. The Balaban J connectivity index is 1.88. The van der Waals surface area contributed by atoms with Crippen molar-refractivity contribution >= 4 is 23.8 Å². The Labute approximate surface area is 183 Å². The summed E-state index contributed by atoms with van der Waals surface area (Å²) in [6.45, 7) is -0.0692. The molecule has 0 N–H and O–H groups in total. The van der Waals surface area contributed by atoms with Gasteiger partial charge >= 0.3 is 11.9 Å². The number of para-hydroxylation sites is 1. The molecule has 0 radical (unpaired) electrons. The molecule has 0 aromatic heterocycles. The molecule has 2 atom stereocenters. The van der Waals surface area contributed by atoms with E-state index in [0.717, 1.165) is 24.2 Å². The number of hydrogen-bond acceptors (Lipinski definition) is 8. The van der Waals surface area contributed by atoms with E-state index in [9.17, 15) is 19.2 Å². The molecule has 2 amide bonds. The first kappa shape index (κ1) is 21.1. The van der Waals surface area contributed by atoms with Gasteiger partial charge in [0.25, 0.3) is 17.4 Å². The number of methoxy groups -OCH3 is 2. The number of carbonyl (C=O) groups is 4. The van der Waals surface area contributed by atoms with Gasteiger partial charge in [-0.25, -0.2) is 9.59 Å². The molecule has 1 fully saturated rings. The van der Waals surface area contributed by atoms with Crippen molar-refractivity contribution in [1.29, 1.82) is 0 Å². The van der Waals surface area contributed by atoms with Crippen LogP contribution in [-0.4, -0.2) is 60.1 Å². The Bertz CT molecular complexity index is 1130. The number of ether oxygens (including phenoxy) is 3. The van der Waals surface area contributed by atoms with E-state index in [0.29, 0.717) is 5.56 Å². The molecule has 2 aliphatic heterocycles. The lowest BCUT2D eigenvalue weighted by Gasteiger charge is -2.19. The molecule has 0 saturated carbocycles. The number of fused-ring (bicyclic) bond motifs is 1. The van der Waals surface area contributed by atoms with Crippen LogP contribution in [0.4, 0.5) is 0 Å². The molecule has 9 nitrogen and oxygen atoms in total. The number of carbonyl (C=O) groups excluding carboxylic acids is 4. The first-order valence-corrected chi connectivity index (χ1v) is 9.54. The molecular weight excluding hydrogens is 416 g/mol. The van der Waals surface area contributed by atoms with Gasteiger partial charge in [0.05, 0.1) is 25.3 Å². The monoisotopic (exact) mass is 434 g/mol. The second-order valence-corrected chi connectivity index (χ2v) is 6.99. The van der Waals surface area contributed by atoms with Crippen LogP contribution in [0.3, 0.4) is 0 Å². The van der Waals surface area contributed by atoms with E-state index in [2.05, 4.69) is 5.92 Å². The number of terminal acetylenes is 1. The van der Waals surface area contributed by atoms with Crippen LogP contribution in [0.5, 0.6) is 5.75 Å². The zero-order valence-electron chi connectivity index (χ0n) is 17.2. The van der Waals surface area contributed by atoms with Crippen LogP contribution in [0.1, 0.15) is 32.3 Å². The van der Waals surface area contributed by atoms with Crippen LogP contribution in [-0.2, 0) is 19.1 Å². The highest BCUT2D eigenvalue weighted by molar-refractivity contribution is 6.22. The van der Waals surface area contributed by atoms with Crippen molar-refractivity contribution in [1.82, 2.24) is 10.0 Å². The van der Waals surface area contributed by atoms with Gasteiger partial charge in [-0.15, -0.1) is 6.42 Å². The molecule has 1 saturated heterocycles. The maximum atomic E-state index is 13.1. The summed E-state index contributed by atoms with van der Waals surface area (Å²) in [6.07, 6.45) is 5.29.